The maximum Gasteiger partial charge on any atom is 0.221 e. The van der Waals surface area contributed by atoms with Crippen molar-refractivity contribution in [2.24, 2.45) is 4.99 Å². The van der Waals surface area contributed by atoms with Crippen LogP contribution in [0.1, 0.15) is 44.1 Å². The molecule has 2 N–H and O–H groups in total. The number of anilines is 1. The minimum absolute atomic E-state index is 0. The number of para-hydroxylation sites is 1. The Balaban J connectivity index is 0.00000225. The number of carbonyl (C=O) groups is 1. The largest absolute Gasteiger partial charge is 0.355 e. The highest BCUT2D eigenvalue weighted by atomic mass is 127. The Hall–Kier alpha value is -1.31. The fraction of sp³-hybridized carbons (Fsp3) is 0.579. The molecule has 0 spiro atoms. The molecule has 1 aliphatic carbocycles. The zero-order valence-electron chi connectivity index (χ0n) is 15.0. The molecule has 0 radical (unpaired) electrons. The van der Waals surface area contributed by atoms with Gasteiger partial charge in [-0.15, -0.1) is 24.0 Å². The summed E-state index contributed by atoms with van der Waals surface area (Å²) in [5, 5.41) is 6.50. The van der Waals surface area contributed by atoms with E-state index in [-0.39, 0.29) is 29.9 Å². The molecule has 1 aromatic rings. The van der Waals surface area contributed by atoms with Gasteiger partial charge in [-0.1, -0.05) is 37.5 Å². The van der Waals surface area contributed by atoms with Crippen molar-refractivity contribution in [1.82, 2.24) is 10.6 Å². The van der Waals surface area contributed by atoms with E-state index in [9.17, 15) is 4.79 Å². The van der Waals surface area contributed by atoms with E-state index in [2.05, 4.69) is 44.8 Å². The Morgan fingerprint density at radius 1 is 1.24 bits per heavy atom. The minimum atomic E-state index is 0. The number of fused-ring (bicyclic) bond motifs is 1. The summed E-state index contributed by atoms with van der Waals surface area (Å²) >= 11 is 0. The summed E-state index contributed by atoms with van der Waals surface area (Å²) in [6.45, 7) is 1.55. The Kier molecular flexibility index (Phi) is 7.99. The first kappa shape index (κ1) is 20.0. The van der Waals surface area contributed by atoms with Gasteiger partial charge < -0.3 is 15.5 Å². The first-order chi connectivity index (χ1) is 11.8. The maximum absolute atomic E-state index is 12.1. The normalized spacial score (nSPS) is 17.6. The predicted molar refractivity (Wildman–Crippen MR) is 114 cm³/mol. The fourth-order valence-corrected chi connectivity index (χ4v) is 3.69. The summed E-state index contributed by atoms with van der Waals surface area (Å²) in [7, 11) is 1.80. The maximum atomic E-state index is 12.1. The highest BCUT2D eigenvalue weighted by molar-refractivity contribution is 14.0. The number of nitrogens with one attached hydrogen (secondary N) is 2. The fourth-order valence-electron chi connectivity index (χ4n) is 3.69. The van der Waals surface area contributed by atoms with Gasteiger partial charge in [-0.05, 0) is 30.9 Å². The predicted octanol–water partition coefficient (Wildman–Crippen LogP) is 3.08. The van der Waals surface area contributed by atoms with Crippen molar-refractivity contribution in [2.75, 3.05) is 25.0 Å². The van der Waals surface area contributed by atoms with E-state index in [0.717, 1.165) is 31.8 Å². The molecule has 1 saturated carbocycles. The summed E-state index contributed by atoms with van der Waals surface area (Å²) in [6.07, 6.45) is 7.58. The summed E-state index contributed by atoms with van der Waals surface area (Å²) in [5.41, 5.74) is 2.58. The number of amides is 1. The Labute approximate surface area is 167 Å². The molecule has 0 bridgehead atoms. The van der Waals surface area contributed by atoms with Gasteiger partial charge in [-0.25, -0.2) is 0 Å². The molecule has 138 valence electrons. The molecule has 1 amide bonds. The number of rotatable bonds is 4. The van der Waals surface area contributed by atoms with Gasteiger partial charge >= 0.3 is 0 Å². The SMILES string of the molecule is CN=C(NCCC(=O)NC1CCCCC1)N1CCc2ccccc21.I. The van der Waals surface area contributed by atoms with E-state index in [1.807, 2.05) is 0 Å². The highest BCUT2D eigenvalue weighted by Crippen LogP contribution is 2.27. The Morgan fingerprint density at radius 2 is 2.00 bits per heavy atom. The monoisotopic (exact) mass is 456 g/mol. The van der Waals surface area contributed by atoms with Crippen LogP contribution >= 0.6 is 24.0 Å². The average Bonchev–Trinajstić information content (AvgIpc) is 3.04. The standard InChI is InChI=1S/C19H28N4O.HI/c1-20-19(23-14-12-15-7-5-6-10-17(15)23)21-13-11-18(24)22-16-8-3-2-4-9-16;/h5-7,10,16H,2-4,8-9,11-14H2,1H3,(H,20,21)(H,22,24);1H. The number of carbonyl (C=O) groups excluding carboxylic acids is 1. The van der Waals surface area contributed by atoms with Gasteiger partial charge in [-0.3, -0.25) is 9.79 Å². The first-order valence-electron chi connectivity index (χ1n) is 9.13. The van der Waals surface area contributed by atoms with Crippen LogP contribution in [0.15, 0.2) is 29.3 Å². The lowest BCUT2D eigenvalue weighted by atomic mass is 9.95. The zero-order valence-corrected chi connectivity index (χ0v) is 17.3. The number of halogens is 1. The van der Waals surface area contributed by atoms with Crippen LogP contribution in [0, 0.1) is 0 Å². The number of benzene rings is 1. The second kappa shape index (κ2) is 9.99. The van der Waals surface area contributed by atoms with E-state index in [0.29, 0.717) is 19.0 Å². The summed E-state index contributed by atoms with van der Waals surface area (Å²) in [5.74, 6) is 0.997. The van der Waals surface area contributed by atoms with Gasteiger partial charge in [0.15, 0.2) is 5.96 Å². The molecule has 3 rings (SSSR count). The average molecular weight is 456 g/mol. The minimum Gasteiger partial charge on any atom is -0.355 e. The number of aliphatic imine (C=N–C) groups is 1. The third-order valence-electron chi connectivity index (χ3n) is 4.96. The van der Waals surface area contributed by atoms with Gasteiger partial charge in [0, 0.05) is 38.3 Å². The van der Waals surface area contributed by atoms with Gasteiger partial charge in [0.1, 0.15) is 0 Å². The summed E-state index contributed by atoms with van der Waals surface area (Å²) < 4.78 is 0. The van der Waals surface area contributed by atoms with Crippen LogP contribution in [-0.2, 0) is 11.2 Å². The molecule has 1 fully saturated rings. The van der Waals surface area contributed by atoms with Gasteiger partial charge in [0.25, 0.3) is 0 Å². The van der Waals surface area contributed by atoms with Crippen LogP contribution in [-0.4, -0.2) is 38.0 Å². The van der Waals surface area contributed by atoms with E-state index >= 15 is 0 Å². The zero-order chi connectivity index (χ0) is 16.8. The van der Waals surface area contributed by atoms with Crippen LogP contribution in [0.25, 0.3) is 0 Å². The summed E-state index contributed by atoms with van der Waals surface area (Å²) in [6, 6.07) is 8.82. The van der Waals surface area contributed by atoms with Gasteiger partial charge in [0.2, 0.25) is 5.91 Å². The van der Waals surface area contributed by atoms with E-state index in [1.54, 1.807) is 7.05 Å². The topological polar surface area (TPSA) is 56.7 Å². The van der Waals surface area contributed by atoms with Crippen molar-refractivity contribution in [1.29, 1.82) is 0 Å². The van der Waals surface area contributed by atoms with Crippen LogP contribution in [0.5, 0.6) is 0 Å². The Morgan fingerprint density at radius 3 is 2.76 bits per heavy atom. The van der Waals surface area contributed by atoms with Crippen molar-refractivity contribution in [3.05, 3.63) is 29.8 Å². The smallest absolute Gasteiger partial charge is 0.221 e. The van der Waals surface area contributed by atoms with E-state index < -0.39 is 0 Å². The van der Waals surface area contributed by atoms with Crippen molar-refractivity contribution in [3.8, 4) is 0 Å². The third-order valence-corrected chi connectivity index (χ3v) is 4.96. The number of guanidine groups is 1. The first-order valence-corrected chi connectivity index (χ1v) is 9.13. The molecule has 5 nitrogen and oxygen atoms in total. The lowest BCUT2D eigenvalue weighted by Crippen LogP contribution is -2.43. The number of hydrogen-bond donors (Lipinski definition) is 2. The van der Waals surface area contributed by atoms with Crippen LogP contribution < -0.4 is 15.5 Å². The molecule has 0 unspecified atom stereocenters. The highest BCUT2D eigenvalue weighted by Gasteiger charge is 2.22. The molecule has 25 heavy (non-hydrogen) atoms. The molecule has 1 aliphatic heterocycles. The van der Waals surface area contributed by atoms with Crippen LogP contribution in [0.3, 0.4) is 0 Å². The van der Waals surface area contributed by atoms with Crippen molar-refractivity contribution in [2.45, 2.75) is 51.0 Å². The quantitative estimate of drug-likeness (QED) is 0.416. The molecule has 2 aliphatic rings. The second-order valence-electron chi connectivity index (χ2n) is 6.66. The van der Waals surface area contributed by atoms with Gasteiger partial charge in [-0.2, -0.15) is 0 Å². The molecule has 0 saturated heterocycles. The van der Waals surface area contributed by atoms with Crippen LogP contribution in [0.2, 0.25) is 0 Å². The van der Waals surface area contributed by atoms with Crippen molar-refractivity contribution in [3.63, 3.8) is 0 Å². The number of nitrogens with zero attached hydrogens (tertiary/aromatic N) is 2. The van der Waals surface area contributed by atoms with Gasteiger partial charge in [0.05, 0.1) is 0 Å². The third kappa shape index (κ3) is 5.33. The molecular formula is C19H29IN4O. The van der Waals surface area contributed by atoms with Crippen molar-refractivity contribution < 1.29 is 4.79 Å². The Bertz CT molecular complexity index is 599. The molecular weight excluding hydrogens is 427 g/mol. The van der Waals surface area contributed by atoms with E-state index in [4.69, 9.17) is 0 Å². The summed E-state index contributed by atoms with van der Waals surface area (Å²) in [4.78, 5) is 18.7. The molecule has 6 heteroatoms. The molecule has 1 aromatic carbocycles. The molecule has 1 heterocycles. The van der Waals surface area contributed by atoms with Crippen molar-refractivity contribution >= 4 is 41.5 Å². The molecule has 0 atom stereocenters. The van der Waals surface area contributed by atoms with Crippen LogP contribution in [0.4, 0.5) is 5.69 Å². The second-order valence-corrected chi connectivity index (χ2v) is 6.66. The lowest BCUT2D eigenvalue weighted by Gasteiger charge is -2.24. The lowest BCUT2D eigenvalue weighted by molar-refractivity contribution is -0.121. The van der Waals surface area contributed by atoms with E-state index in [1.165, 1.54) is 30.5 Å². The number of hydrogen-bond acceptors (Lipinski definition) is 2. The molecule has 0 aromatic heterocycles.